The summed E-state index contributed by atoms with van der Waals surface area (Å²) in [5.74, 6) is -0.986. The maximum Gasteiger partial charge on any atom is 0.306 e. The van der Waals surface area contributed by atoms with Crippen molar-refractivity contribution in [1.29, 1.82) is 0 Å². The van der Waals surface area contributed by atoms with Gasteiger partial charge in [-0.1, -0.05) is 221 Å². The lowest BCUT2D eigenvalue weighted by molar-refractivity contribution is -0.167. The number of hydrogen-bond acceptors (Lipinski definition) is 6. The van der Waals surface area contributed by atoms with E-state index in [0.29, 0.717) is 19.3 Å². The molecule has 0 aliphatic heterocycles. The van der Waals surface area contributed by atoms with Crippen molar-refractivity contribution in [2.45, 2.75) is 226 Å². The zero-order valence-electron chi connectivity index (χ0n) is 38.9. The van der Waals surface area contributed by atoms with Gasteiger partial charge in [-0.25, -0.2) is 0 Å². The fourth-order valence-electron chi connectivity index (χ4n) is 6.62. The van der Waals surface area contributed by atoms with Gasteiger partial charge in [-0.05, 0) is 64.2 Å². The van der Waals surface area contributed by atoms with Gasteiger partial charge in [-0.15, -0.1) is 0 Å². The SMILES string of the molecule is CC\C=C/C=C\C=C/C=C\C=C/CCCCCC(=O)OC(COC(=O)CCCC/C=C\C/C=C\CC)COC(=O)CCCCCCCCCCCCCCCCCCCC. The molecule has 6 heteroatoms. The monoisotopic (exact) mass is 835 g/mol. The van der Waals surface area contributed by atoms with Gasteiger partial charge in [0.05, 0.1) is 0 Å². The van der Waals surface area contributed by atoms with E-state index in [4.69, 9.17) is 14.2 Å². The molecule has 60 heavy (non-hydrogen) atoms. The van der Waals surface area contributed by atoms with E-state index in [1.54, 1.807) is 0 Å². The average Bonchev–Trinajstić information content (AvgIpc) is 3.24. The Morgan fingerprint density at radius 1 is 0.367 bits per heavy atom. The molecule has 0 saturated carbocycles. The molecular weight excluding hydrogens is 745 g/mol. The van der Waals surface area contributed by atoms with Crippen LogP contribution >= 0.6 is 0 Å². The summed E-state index contributed by atoms with van der Waals surface area (Å²) in [6.45, 7) is 6.30. The second kappa shape index (κ2) is 48.3. The molecule has 6 nitrogen and oxygen atoms in total. The summed E-state index contributed by atoms with van der Waals surface area (Å²) in [6, 6.07) is 0. The average molecular weight is 835 g/mol. The fraction of sp³-hybridized carbons (Fsp3) is 0.685. The summed E-state index contributed by atoms with van der Waals surface area (Å²) in [7, 11) is 0. The topological polar surface area (TPSA) is 78.9 Å². The summed E-state index contributed by atoms with van der Waals surface area (Å²) in [5.41, 5.74) is 0. The van der Waals surface area contributed by atoms with Crippen molar-refractivity contribution in [3.63, 3.8) is 0 Å². The molecule has 0 saturated heterocycles. The number of unbranched alkanes of at least 4 members (excludes halogenated alkanes) is 22. The van der Waals surface area contributed by atoms with Crippen LogP contribution in [-0.2, 0) is 28.6 Å². The zero-order chi connectivity index (χ0) is 43.7. The summed E-state index contributed by atoms with van der Waals surface area (Å²) in [4.78, 5) is 37.8. The van der Waals surface area contributed by atoms with Crippen molar-refractivity contribution < 1.29 is 28.6 Å². The molecule has 0 bridgehead atoms. The molecule has 0 fully saturated rings. The van der Waals surface area contributed by atoms with Crippen molar-refractivity contribution in [3.05, 3.63) is 85.1 Å². The largest absolute Gasteiger partial charge is 0.462 e. The molecule has 0 rings (SSSR count). The molecule has 0 aromatic heterocycles. The van der Waals surface area contributed by atoms with Crippen LogP contribution in [0, 0.1) is 0 Å². The van der Waals surface area contributed by atoms with Crippen LogP contribution in [0.2, 0.25) is 0 Å². The highest BCUT2D eigenvalue weighted by Gasteiger charge is 2.19. The fourth-order valence-corrected chi connectivity index (χ4v) is 6.62. The maximum absolute atomic E-state index is 12.7. The van der Waals surface area contributed by atoms with Crippen molar-refractivity contribution >= 4 is 17.9 Å². The van der Waals surface area contributed by atoms with Crippen molar-refractivity contribution in [2.75, 3.05) is 13.2 Å². The van der Waals surface area contributed by atoms with Gasteiger partial charge in [-0.3, -0.25) is 14.4 Å². The minimum atomic E-state index is -0.808. The third kappa shape index (κ3) is 45.7. The molecule has 0 aromatic rings. The number of carbonyl (C=O) groups excluding carboxylic acids is 3. The van der Waals surface area contributed by atoms with Crippen LogP contribution in [0.1, 0.15) is 220 Å². The van der Waals surface area contributed by atoms with Crippen LogP contribution in [0.15, 0.2) is 85.1 Å². The lowest BCUT2D eigenvalue weighted by Crippen LogP contribution is -2.30. The molecule has 0 N–H and O–H groups in total. The van der Waals surface area contributed by atoms with Crippen LogP contribution in [0.25, 0.3) is 0 Å². The predicted octanol–water partition coefficient (Wildman–Crippen LogP) is 16.0. The summed E-state index contributed by atoms with van der Waals surface area (Å²) in [6.07, 6.45) is 61.6. The van der Waals surface area contributed by atoms with Gasteiger partial charge in [0.25, 0.3) is 0 Å². The number of rotatable bonds is 43. The van der Waals surface area contributed by atoms with Gasteiger partial charge < -0.3 is 14.2 Å². The van der Waals surface area contributed by atoms with Crippen LogP contribution < -0.4 is 0 Å². The van der Waals surface area contributed by atoms with Gasteiger partial charge in [0, 0.05) is 19.3 Å². The predicted molar refractivity (Wildman–Crippen MR) is 256 cm³/mol. The Morgan fingerprint density at radius 3 is 1.23 bits per heavy atom. The van der Waals surface area contributed by atoms with Gasteiger partial charge in [0.1, 0.15) is 13.2 Å². The summed E-state index contributed by atoms with van der Waals surface area (Å²) in [5, 5.41) is 0. The van der Waals surface area contributed by atoms with Gasteiger partial charge in [0.15, 0.2) is 6.10 Å². The van der Waals surface area contributed by atoms with Crippen LogP contribution in [0.5, 0.6) is 0 Å². The molecular formula is C54H90O6. The highest BCUT2D eigenvalue weighted by Crippen LogP contribution is 2.15. The molecule has 0 aliphatic carbocycles. The van der Waals surface area contributed by atoms with Crippen LogP contribution in [0.3, 0.4) is 0 Å². The van der Waals surface area contributed by atoms with E-state index >= 15 is 0 Å². The number of hydrogen-bond donors (Lipinski definition) is 0. The summed E-state index contributed by atoms with van der Waals surface area (Å²) >= 11 is 0. The number of esters is 3. The lowest BCUT2D eigenvalue weighted by atomic mass is 10.0. The summed E-state index contributed by atoms with van der Waals surface area (Å²) < 4.78 is 16.7. The quantitative estimate of drug-likeness (QED) is 0.0200. The van der Waals surface area contributed by atoms with E-state index in [0.717, 1.165) is 77.0 Å². The van der Waals surface area contributed by atoms with Crippen molar-refractivity contribution in [2.24, 2.45) is 0 Å². The second-order valence-electron chi connectivity index (χ2n) is 16.1. The Morgan fingerprint density at radius 2 is 0.733 bits per heavy atom. The molecule has 0 aliphatic rings. The van der Waals surface area contributed by atoms with E-state index in [1.165, 1.54) is 96.3 Å². The van der Waals surface area contributed by atoms with E-state index in [-0.39, 0.29) is 37.5 Å². The first-order valence-electron chi connectivity index (χ1n) is 24.7. The van der Waals surface area contributed by atoms with Crippen LogP contribution in [0.4, 0.5) is 0 Å². The van der Waals surface area contributed by atoms with Gasteiger partial charge in [0.2, 0.25) is 0 Å². The Balaban J connectivity index is 4.39. The first-order valence-corrected chi connectivity index (χ1v) is 24.7. The highest BCUT2D eigenvalue weighted by atomic mass is 16.6. The normalized spacial score (nSPS) is 12.8. The number of allylic oxidation sites excluding steroid dienone is 14. The first-order chi connectivity index (χ1) is 29.5. The Labute approximate surface area is 369 Å². The van der Waals surface area contributed by atoms with Crippen molar-refractivity contribution in [1.82, 2.24) is 0 Å². The van der Waals surface area contributed by atoms with E-state index in [2.05, 4.69) is 57.2 Å². The smallest absolute Gasteiger partial charge is 0.306 e. The first kappa shape index (κ1) is 56.6. The molecule has 1 atom stereocenters. The standard InChI is InChI=1S/C54H90O6/c1-4-7-10-13-16-19-21-23-25-26-27-29-30-32-35-38-41-44-47-53(56)59-50-51(49-58-52(55)46-43-40-37-34-18-15-12-9-6-3)60-54(57)48-45-42-39-36-33-31-28-24-22-20-17-14-11-8-5-2/h8-9,11-12,14,17-18,20,22,24,28,31,33-34,51H,4-7,10,13,15-16,19,21,23,25-27,29-30,32,35-50H2,1-3H3/b11-8-,12-9-,17-14-,22-20-,28-24-,33-31-,34-18-. The Kier molecular flexibility index (Phi) is 45.5. The molecule has 342 valence electrons. The van der Waals surface area contributed by atoms with E-state index < -0.39 is 6.10 Å². The molecule has 0 radical (unpaired) electrons. The third-order valence-electron chi connectivity index (χ3n) is 10.3. The molecule has 0 spiro atoms. The van der Waals surface area contributed by atoms with Gasteiger partial charge in [-0.2, -0.15) is 0 Å². The molecule has 0 amide bonds. The third-order valence-corrected chi connectivity index (χ3v) is 10.3. The molecule has 0 heterocycles. The van der Waals surface area contributed by atoms with E-state index in [9.17, 15) is 14.4 Å². The zero-order valence-corrected chi connectivity index (χ0v) is 38.9. The van der Waals surface area contributed by atoms with Crippen LogP contribution in [-0.4, -0.2) is 37.2 Å². The second-order valence-corrected chi connectivity index (χ2v) is 16.1. The maximum atomic E-state index is 12.7. The Bertz CT molecular complexity index is 1190. The minimum Gasteiger partial charge on any atom is -0.462 e. The van der Waals surface area contributed by atoms with Crippen molar-refractivity contribution in [3.8, 4) is 0 Å². The lowest BCUT2D eigenvalue weighted by Gasteiger charge is -2.18. The molecule has 1 unspecified atom stereocenters. The number of ether oxygens (including phenoxy) is 3. The molecule has 0 aromatic carbocycles. The van der Waals surface area contributed by atoms with E-state index in [1.807, 2.05) is 48.6 Å². The Hall–Kier alpha value is -3.41. The number of carbonyl (C=O) groups is 3. The van der Waals surface area contributed by atoms with Gasteiger partial charge >= 0.3 is 17.9 Å². The minimum absolute atomic E-state index is 0.103. The highest BCUT2D eigenvalue weighted by molar-refractivity contribution is 5.71.